The molecule has 0 aliphatic heterocycles. The first-order valence-corrected chi connectivity index (χ1v) is 7.26. The van der Waals surface area contributed by atoms with E-state index in [9.17, 15) is 9.59 Å². The fourth-order valence-electron chi connectivity index (χ4n) is 1.60. The normalized spacial score (nSPS) is 10.1. The van der Waals surface area contributed by atoms with Gasteiger partial charge in [-0.05, 0) is 0 Å². The standard InChI is InChI=1S/C15H12O2Se/c1-11(16)18-14-9-7-13(8-10-14)15(17)12-5-3-2-4-6-12/h2-10H,1H3. The molecule has 0 N–H and O–H groups in total. The maximum absolute atomic E-state index is 12.1. The predicted octanol–water partition coefficient (Wildman–Crippen LogP) is 1.79. The van der Waals surface area contributed by atoms with E-state index in [0.29, 0.717) is 11.1 Å². The Kier molecular flexibility index (Phi) is 4.08. The van der Waals surface area contributed by atoms with Crippen LogP contribution in [0.15, 0.2) is 54.6 Å². The van der Waals surface area contributed by atoms with Gasteiger partial charge in [0.15, 0.2) is 0 Å². The SMILES string of the molecule is CC(=O)[Se]c1ccc(C(=O)c2ccccc2)cc1. The van der Waals surface area contributed by atoms with Crippen molar-refractivity contribution in [3.63, 3.8) is 0 Å². The Morgan fingerprint density at radius 3 is 1.94 bits per heavy atom. The number of carbonyl (C=O) groups excluding carboxylic acids is 2. The Balaban J connectivity index is 2.20. The summed E-state index contributed by atoms with van der Waals surface area (Å²) in [4.78, 5) is 23.1. The van der Waals surface area contributed by atoms with Crippen LogP contribution in [0.5, 0.6) is 0 Å². The molecule has 2 nitrogen and oxygen atoms in total. The summed E-state index contributed by atoms with van der Waals surface area (Å²) in [6, 6.07) is 16.5. The van der Waals surface area contributed by atoms with E-state index in [1.54, 1.807) is 31.2 Å². The Morgan fingerprint density at radius 1 is 0.833 bits per heavy atom. The van der Waals surface area contributed by atoms with Crippen molar-refractivity contribution in [2.75, 3.05) is 0 Å². The molecule has 2 aromatic carbocycles. The van der Waals surface area contributed by atoms with Crippen LogP contribution in [0.25, 0.3) is 0 Å². The van der Waals surface area contributed by atoms with Crippen molar-refractivity contribution >= 4 is 29.9 Å². The molecule has 2 aromatic rings. The zero-order valence-electron chi connectivity index (χ0n) is 9.92. The molecule has 3 heteroatoms. The number of hydrogen-bond donors (Lipinski definition) is 0. The molecule has 2 rings (SSSR count). The number of rotatable bonds is 4. The first-order valence-electron chi connectivity index (χ1n) is 5.55. The average molecular weight is 303 g/mol. The Morgan fingerprint density at radius 2 is 1.39 bits per heavy atom. The van der Waals surface area contributed by atoms with Crippen LogP contribution < -0.4 is 4.46 Å². The summed E-state index contributed by atoms with van der Waals surface area (Å²) in [5.41, 5.74) is 1.34. The van der Waals surface area contributed by atoms with Crippen molar-refractivity contribution in [3.8, 4) is 0 Å². The summed E-state index contributed by atoms with van der Waals surface area (Å²) in [7, 11) is 0. The van der Waals surface area contributed by atoms with Gasteiger partial charge in [-0.1, -0.05) is 0 Å². The van der Waals surface area contributed by atoms with E-state index in [1.165, 1.54) is 0 Å². The van der Waals surface area contributed by atoms with E-state index < -0.39 is 0 Å². The molecular weight excluding hydrogens is 291 g/mol. The van der Waals surface area contributed by atoms with Crippen LogP contribution in [-0.2, 0) is 4.79 Å². The first-order chi connectivity index (χ1) is 8.66. The second-order valence-corrected chi connectivity index (χ2v) is 6.44. The molecule has 90 valence electrons. The van der Waals surface area contributed by atoms with Crippen molar-refractivity contribution in [1.82, 2.24) is 0 Å². The molecule has 0 spiro atoms. The third-order valence-corrected chi connectivity index (χ3v) is 4.08. The minimum absolute atomic E-state index is 0.0116. The first kappa shape index (κ1) is 12.7. The van der Waals surface area contributed by atoms with E-state index in [-0.39, 0.29) is 25.4 Å². The molecule has 0 heterocycles. The second-order valence-electron chi connectivity index (χ2n) is 3.81. The van der Waals surface area contributed by atoms with Gasteiger partial charge in [0.25, 0.3) is 0 Å². The van der Waals surface area contributed by atoms with Crippen LogP contribution in [0.2, 0.25) is 0 Å². The van der Waals surface area contributed by atoms with Gasteiger partial charge < -0.3 is 0 Å². The number of benzene rings is 2. The van der Waals surface area contributed by atoms with Crippen molar-refractivity contribution in [2.24, 2.45) is 0 Å². The Labute approximate surface area is 112 Å². The van der Waals surface area contributed by atoms with Crippen molar-refractivity contribution in [3.05, 3.63) is 65.7 Å². The molecule has 0 aliphatic rings. The zero-order chi connectivity index (χ0) is 13.0. The van der Waals surface area contributed by atoms with Gasteiger partial charge in [-0.15, -0.1) is 0 Å². The van der Waals surface area contributed by atoms with Gasteiger partial charge in [-0.3, -0.25) is 0 Å². The molecule has 0 unspecified atom stereocenters. The molecule has 0 aromatic heterocycles. The van der Waals surface area contributed by atoms with E-state index in [2.05, 4.69) is 0 Å². The molecule has 18 heavy (non-hydrogen) atoms. The van der Waals surface area contributed by atoms with Gasteiger partial charge in [0.05, 0.1) is 0 Å². The summed E-state index contributed by atoms with van der Waals surface area (Å²) in [5, 5.41) is 0. The minimum atomic E-state index is -0.145. The quantitative estimate of drug-likeness (QED) is 0.637. The number of ketones is 1. The Bertz CT molecular complexity index is 559. The van der Waals surface area contributed by atoms with Crippen molar-refractivity contribution < 1.29 is 9.59 Å². The van der Waals surface area contributed by atoms with Gasteiger partial charge in [0, 0.05) is 0 Å². The molecule has 0 fully saturated rings. The van der Waals surface area contributed by atoms with Crippen LogP contribution in [0.3, 0.4) is 0 Å². The molecule has 0 bridgehead atoms. The predicted molar refractivity (Wildman–Crippen MR) is 72.4 cm³/mol. The van der Waals surface area contributed by atoms with E-state index in [0.717, 1.165) is 4.46 Å². The fraction of sp³-hybridized carbons (Fsp3) is 0.0667. The Hall–Kier alpha value is -1.70. The van der Waals surface area contributed by atoms with Gasteiger partial charge in [-0.2, -0.15) is 0 Å². The molecule has 0 atom stereocenters. The second kappa shape index (κ2) is 5.76. The molecule has 0 saturated carbocycles. The van der Waals surface area contributed by atoms with Crippen LogP contribution in [0.4, 0.5) is 0 Å². The van der Waals surface area contributed by atoms with Gasteiger partial charge in [0.1, 0.15) is 0 Å². The number of carbonyl (C=O) groups is 2. The maximum atomic E-state index is 12.1. The van der Waals surface area contributed by atoms with Crippen molar-refractivity contribution in [2.45, 2.75) is 6.92 Å². The summed E-state index contributed by atoms with van der Waals surface area (Å²) >= 11 is -0.145. The zero-order valence-corrected chi connectivity index (χ0v) is 11.6. The summed E-state index contributed by atoms with van der Waals surface area (Å²) in [6.45, 7) is 1.59. The van der Waals surface area contributed by atoms with E-state index in [4.69, 9.17) is 0 Å². The van der Waals surface area contributed by atoms with E-state index >= 15 is 0 Å². The van der Waals surface area contributed by atoms with Crippen LogP contribution in [0, 0.1) is 0 Å². The monoisotopic (exact) mass is 304 g/mol. The van der Waals surface area contributed by atoms with Crippen LogP contribution in [-0.4, -0.2) is 25.4 Å². The molecular formula is C15H12O2Se. The summed E-state index contributed by atoms with van der Waals surface area (Å²) in [5.74, 6) is 0.0116. The summed E-state index contributed by atoms with van der Waals surface area (Å²) < 4.78 is 1.18. The van der Waals surface area contributed by atoms with Crippen LogP contribution in [0.1, 0.15) is 22.8 Å². The van der Waals surface area contributed by atoms with Gasteiger partial charge in [-0.25, -0.2) is 0 Å². The number of hydrogen-bond acceptors (Lipinski definition) is 2. The third-order valence-electron chi connectivity index (χ3n) is 2.41. The summed E-state index contributed by atoms with van der Waals surface area (Å²) in [6.07, 6.45) is 0. The molecule has 0 aliphatic carbocycles. The van der Waals surface area contributed by atoms with Gasteiger partial charge in [0.2, 0.25) is 0 Å². The van der Waals surface area contributed by atoms with Gasteiger partial charge >= 0.3 is 112 Å². The van der Waals surface area contributed by atoms with E-state index in [1.807, 2.05) is 30.3 Å². The van der Waals surface area contributed by atoms with Crippen molar-refractivity contribution in [1.29, 1.82) is 0 Å². The molecule has 0 radical (unpaired) electrons. The fourth-order valence-corrected chi connectivity index (χ4v) is 2.86. The third kappa shape index (κ3) is 3.16. The van der Waals surface area contributed by atoms with Crippen LogP contribution >= 0.6 is 0 Å². The molecule has 0 amide bonds. The average Bonchev–Trinajstić information content (AvgIpc) is 2.39. The topological polar surface area (TPSA) is 34.1 Å². The molecule has 0 saturated heterocycles.